The van der Waals surface area contributed by atoms with E-state index in [0.29, 0.717) is 12.2 Å². The first-order valence-corrected chi connectivity index (χ1v) is 17.7. The highest BCUT2D eigenvalue weighted by Crippen LogP contribution is 2.55. The Morgan fingerprint density at radius 3 is 2.38 bits per heavy atom. The molecule has 7 rings (SSSR count). The Labute approximate surface area is 278 Å². The number of amides is 3. The molecule has 2 aromatic rings. The van der Waals surface area contributed by atoms with Crippen molar-refractivity contribution < 1.29 is 19.1 Å². The summed E-state index contributed by atoms with van der Waals surface area (Å²) in [6.07, 6.45) is 9.34. The molecule has 47 heavy (non-hydrogen) atoms. The van der Waals surface area contributed by atoms with Crippen LogP contribution in [0.3, 0.4) is 0 Å². The highest BCUT2D eigenvalue weighted by Gasteiger charge is 2.72. The van der Waals surface area contributed by atoms with Crippen LogP contribution >= 0.6 is 0 Å². The van der Waals surface area contributed by atoms with E-state index in [2.05, 4.69) is 50.8 Å². The lowest BCUT2D eigenvalue weighted by Crippen LogP contribution is -2.56. The largest absolute Gasteiger partial charge is 0.359 e. The fraction of sp³-hybridized carbons (Fsp3) is 0.553. The summed E-state index contributed by atoms with van der Waals surface area (Å²) in [6, 6.07) is 15.8. The summed E-state index contributed by atoms with van der Waals surface area (Å²) in [5, 5.41) is 6.36. The molecule has 2 aromatic carbocycles. The molecular formula is C38H49N5O4. The van der Waals surface area contributed by atoms with Gasteiger partial charge in [0.05, 0.1) is 17.9 Å². The minimum Gasteiger partial charge on any atom is -0.359 e. The average molecular weight is 640 g/mol. The van der Waals surface area contributed by atoms with Gasteiger partial charge in [-0.25, -0.2) is 0 Å². The third-order valence-electron chi connectivity index (χ3n) is 11.2. The highest BCUT2D eigenvalue weighted by atomic mass is 16.5. The number of piperazine rings is 1. The fourth-order valence-electron chi connectivity index (χ4n) is 8.56. The molecule has 4 aliphatic heterocycles. The molecule has 9 nitrogen and oxygen atoms in total. The second kappa shape index (κ2) is 13.5. The van der Waals surface area contributed by atoms with Crippen LogP contribution in [0.1, 0.15) is 55.2 Å². The topological polar surface area (TPSA) is 94.2 Å². The average Bonchev–Trinajstić information content (AvgIpc) is 3.72. The van der Waals surface area contributed by atoms with Gasteiger partial charge >= 0.3 is 0 Å². The van der Waals surface area contributed by atoms with Crippen molar-refractivity contribution in [3.05, 3.63) is 77.4 Å². The maximum Gasteiger partial charge on any atom is 0.246 e. The summed E-state index contributed by atoms with van der Waals surface area (Å²) in [5.41, 5.74) is 3.15. The fourth-order valence-corrected chi connectivity index (χ4v) is 8.56. The number of ether oxygens (including phenoxy) is 1. The Morgan fingerprint density at radius 1 is 0.894 bits per heavy atom. The van der Waals surface area contributed by atoms with E-state index < -0.39 is 29.6 Å². The van der Waals surface area contributed by atoms with Crippen molar-refractivity contribution in [3.8, 4) is 0 Å². The van der Waals surface area contributed by atoms with Crippen molar-refractivity contribution in [2.45, 2.75) is 82.7 Å². The second-order valence-corrected chi connectivity index (χ2v) is 14.3. The number of likely N-dealkylation sites (tertiary alicyclic amines) is 1. The monoisotopic (exact) mass is 639 g/mol. The normalized spacial score (nSPS) is 29.3. The van der Waals surface area contributed by atoms with Gasteiger partial charge < -0.3 is 25.2 Å². The van der Waals surface area contributed by atoms with Crippen molar-refractivity contribution in [1.29, 1.82) is 0 Å². The van der Waals surface area contributed by atoms with Crippen molar-refractivity contribution >= 4 is 23.4 Å². The molecule has 1 aliphatic carbocycles. The Balaban J connectivity index is 1.04. The van der Waals surface area contributed by atoms with Crippen LogP contribution in [-0.4, -0.2) is 95.5 Å². The Hall–Kier alpha value is -3.53. The molecular weight excluding hydrogens is 590 g/mol. The number of nitrogens with zero attached hydrogens (tertiary/aromatic N) is 3. The molecule has 250 valence electrons. The number of hydrogen-bond donors (Lipinski definition) is 2. The minimum absolute atomic E-state index is 0.113. The number of rotatable bonds is 10. The predicted octanol–water partition coefficient (Wildman–Crippen LogP) is 4.05. The molecule has 9 heteroatoms. The Bertz CT molecular complexity index is 1500. The van der Waals surface area contributed by atoms with Gasteiger partial charge in [-0.15, -0.1) is 0 Å². The van der Waals surface area contributed by atoms with Crippen LogP contribution < -0.4 is 10.6 Å². The number of benzene rings is 2. The molecule has 0 unspecified atom stereocenters. The van der Waals surface area contributed by atoms with E-state index in [9.17, 15) is 14.4 Å². The van der Waals surface area contributed by atoms with Gasteiger partial charge in [-0.3, -0.25) is 19.3 Å². The molecule has 5 atom stereocenters. The zero-order valence-corrected chi connectivity index (χ0v) is 27.8. The van der Waals surface area contributed by atoms with Crippen LogP contribution in [0.4, 0.5) is 5.69 Å². The third kappa shape index (κ3) is 6.37. The maximum atomic E-state index is 14.4. The number of aryl methyl sites for hydroxylation is 2. The Morgan fingerprint density at radius 2 is 1.64 bits per heavy atom. The van der Waals surface area contributed by atoms with Crippen molar-refractivity contribution in [3.63, 3.8) is 0 Å². The van der Waals surface area contributed by atoms with Crippen LogP contribution in [-0.2, 0) is 25.7 Å². The predicted molar refractivity (Wildman–Crippen MR) is 182 cm³/mol. The second-order valence-electron chi connectivity index (χ2n) is 14.3. The van der Waals surface area contributed by atoms with E-state index in [1.165, 1.54) is 12.0 Å². The van der Waals surface area contributed by atoms with Crippen molar-refractivity contribution in [1.82, 2.24) is 20.0 Å². The summed E-state index contributed by atoms with van der Waals surface area (Å²) in [7, 11) is 0. The van der Waals surface area contributed by atoms with Gasteiger partial charge in [-0.05, 0) is 68.5 Å². The van der Waals surface area contributed by atoms with E-state index in [-0.39, 0.29) is 23.8 Å². The molecule has 4 heterocycles. The molecule has 1 saturated carbocycles. The van der Waals surface area contributed by atoms with Crippen molar-refractivity contribution in [2.24, 2.45) is 11.8 Å². The molecule has 3 amide bonds. The van der Waals surface area contributed by atoms with Gasteiger partial charge in [0.1, 0.15) is 11.6 Å². The number of fused-ring (bicyclic) bond motifs is 1. The first kappa shape index (κ1) is 32.0. The van der Waals surface area contributed by atoms with Gasteiger partial charge in [0.15, 0.2) is 0 Å². The summed E-state index contributed by atoms with van der Waals surface area (Å²) < 4.78 is 6.57. The molecule has 3 saturated heterocycles. The maximum absolute atomic E-state index is 14.4. The first-order valence-electron chi connectivity index (χ1n) is 17.7. The molecule has 5 aliphatic rings. The number of hydrogen-bond acceptors (Lipinski definition) is 6. The zero-order valence-electron chi connectivity index (χ0n) is 27.8. The van der Waals surface area contributed by atoms with Crippen LogP contribution in [0.15, 0.2) is 60.7 Å². The van der Waals surface area contributed by atoms with Gasteiger partial charge in [0, 0.05) is 51.0 Å². The smallest absolute Gasteiger partial charge is 0.246 e. The van der Waals surface area contributed by atoms with Crippen LogP contribution in [0, 0.1) is 25.7 Å². The summed E-state index contributed by atoms with van der Waals surface area (Å²) in [5.74, 6) is -1.95. The van der Waals surface area contributed by atoms with E-state index in [4.69, 9.17) is 4.74 Å². The SMILES string of the molecule is Cc1ccc(NC(=O)[C@@H]2[C@@H]3C=C[C@]4(O3)[C@@H]2C(=O)N(CCCN2CCN(Cc3ccccc3)CC2)[C@H]4C(=O)NC2CCCCC2)cc1C. The standard InChI is InChI=1S/C38H49N5O4/c1-26-14-15-30(24-27(26)2)40-35(44)32-31-16-17-38(47-31)33(32)37(46)43(34(38)36(45)39-29-12-7-4-8-13-29)19-9-18-41-20-22-42(23-21-41)25-28-10-5-3-6-11-28/h3,5-6,10-11,14-17,24,29,31-34H,4,7-9,12-13,18-23,25H2,1-2H3,(H,39,45)(H,40,44)/t31-,32+,33-,34-,38-/m0/s1. The zero-order chi connectivity index (χ0) is 32.5. The van der Waals surface area contributed by atoms with Gasteiger partial charge in [-0.2, -0.15) is 0 Å². The lowest BCUT2D eigenvalue weighted by Gasteiger charge is -2.36. The van der Waals surface area contributed by atoms with E-state index in [1.54, 1.807) is 4.90 Å². The molecule has 2 N–H and O–H groups in total. The molecule has 1 spiro atoms. The van der Waals surface area contributed by atoms with Crippen LogP contribution in [0.2, 0.25) is 0 Å². The van der Waals surface area contributed by atoms with Crippen molar-refractivity contribution in [2.75, 3.05) is 44.6 Å². The summed E-state index contributed by atoms with van der Waals surface area (Å²) in [4.78, 5) is 49.1. The van der Waals surface area contributed by atoms with E-state index in [0.717, 1.165) is 82.5 Å². The van der Waals surface area contributed by atoms with Crippen LogP contribution in [0.25, 0.3) is 0 Å². The molecule has 2 bridgehead atoms. The van der Waals surface area contributed by atoms with Gasteiger partial charge in [0.2, 0.25) is 17.7 Å². The Kier molecular flexibility index (Phi) is 9.22. The number of nitrogens with one attached hydrogen (secondary N) is 2. The number of anilines is 1. The third-order valence-corrected chi connectivity index (χ3v) is 11.2. The quantitative estimate of drug-likeness (QED) is 0.381. The van der Waals surface area contributed by atoms with Gasteiger partial charge in [-0.1, -0.05) is 67.8 Å². The minimum atomic E-state index is -1.13. The highest BCUT2D eigenvalue weighted by molar-refractivity contribution is 6.02. The van der Waals surface area contributed by atoms with E-state index in [1.807, 2.05) is 44.2 Å². The van der Waals surface area contributed by atoms with E-state index >= 15 is 0 Å². The first-order chi connectivity index (χ1) is 22.8. The lowest BCUT2D eigenvalue weighted by molar-refractivity contribution is -0.141. The molecule has 0 radical (unpaired) electrons. The van der Waals surface area contributed by atoms with Gasteiger partial charge in [0.25, 0.3) is 0 Å². The number of carbonyl (C=O) groups is 3. The molecule has 4 fully saturated rings. The summed E-state index contributed by atoms with van der Waals surface area (Å²) in [6.45, 7) is 10.3. The lowest BCUT2D eigenvalue weighted by atomic mass is 9.74. The molecule has 0 aromatic heterocycles. The van der Waals surface area contributed by atoms with Crippen LogP contribution in [0.5, 0.6) is 0 Å². The number of carbonyl (C=O) groups excluding carboxylic acids is 3. The summed E-state index contributed by atoms with van der Waals surface area (Å²) >= 11 is 0.